The van der Waals surface area contributed by atoms with Crippen LogP contribution in [0.2, 0.25) is 0 Å². The lowest BCUT2D eigenvalue weighted by Crippen LogP contribution is -2.39. The Hall–Kier alpha value is -1.07. The van der Waals surface area contributed by atoms with Gasteiger partial charge in [0, 0.05) is 13.1 Å². The molecule has 1 aliphatic heterocycles. The Labute approximate surface area is 134 Å². The van der Waals surface area contributed by atoms with E-state index < -0.39 is 10.0 Å². The van der Waals surface area contributed by atoms with Crippen molar-refractivity contribution in [2.45, 2.75) is 51.3 Å². The maximum atomic E-state index is 12.7. The summed E-state index contributed by atoms with van der Waals surface area (Å²) in [6.45, 7) is 8.05. The highest BCUT2D eigenvalue weighted by molar-refractivity contribution is 7.89. The molecule has 1 heterocycles. The molecule has 22 heavy (non-hydrogen) atoms. The summed E-state index contributed by atoms with van der Waals surface area (Å²) in [5.74, 6) is 1.21. The van der Waals surface area contributed by atoms with Crippen LogP contribution < -0.4 is 4.74 Å². The second-order valence-electron chi connectivity index (χ2n) is 6.24. The number of sulfonamides is 1. The Morgan fingerprint density at radius 1 is 1.36 bits per heavy atom. The van der Waals surface area contributed by atoms with Crippen molar-refractivity contribution in [1.82, 2.24) is 4.31 Å². The van der Waals surface area contributed by atoms with E-state index in [2.05, 4.69) is 13.8 Å². The molecule has 1 fully saturated rings. The van der Waals surface area contributed by atoms with E-state index >= 15 is 0 Å². The fraction of sp³-hybridized carbons (Fsp3) is 0.647. The second kappa shape index (κ2) is 7.47. The van der Waals surface area contributed by atoms with Gasteiger partial charge in [-0.05, 0) is 55.9 Å². The van der Waals surface area contributed by atoms with E-state index in [1.165, 1.54) is 0 Å². The highest BCUT2D eigenvalue weighted by atomic mass is 32.2. The molecule has 0 aliphatic carbocycles. The molecule has 1 aliphatic rings. The molecule has 1 saturated heterocycles. The van der Waals surface area contributed by atoms with E-state index in [0.717, 1.165) is 37.0 Å². The standard InChI is InChI=1S/C17H27NO3S/c1-4-5-11-21-17-9-8-16(12-15(17)3)22(19,20)18-10-6-7-14(2)13-18/h8-9,12,14H,4-7,10-11,13H2,1-3H3/t14-/m1/s1. The maximum Gasteiger partial charge on any atom is 0.243 e. The Bertz CT molecular complexity index is 598. The van der Waals surface area contributed by atoms with Gasteiger partial charge >= 0.3 is 0 Å². The fourth-order valence-electron chi connectivity index (χ4n) is 2.78. The third-order valence-corrected chi connectivity index (χ3v) is 6.02. The van der Waals surface area contributed by atoms with Crippen LogP contribution in [-0.4, -0.2) is 32.4 Å². The number of ether oxygens (including phenoxy) is 1. The van der Waals surface area contributed by atoms with Crippen LogP contribution in [0.5, 0.6) is 5.75 Å². The first-order valence-electron chi connectivity index (χ1n) is 8.18. The van der Waals surface area contributed by atoms with Crippen LogP contribution in [0, 0.1) is 12.8 Å². The topological polar surface area (TPSA) is 46.6 Å². The Balaban J connectivity index is 2.15. The van der Waals surface area contributed by atoms with E-state index in [9.17, 15) is 8.42 Å². The molecule has 1 aromatic carbocycles. The molecule has 4 nitrogen and oxygen atoms in total. The van der Waals surface area contributed by atoms with Crippen LogP contribution in [0.3, 0.4) is 0 Å². The third-order valence-electron chi connectivity index (χ3n) is 4.16. The highest BCUT2D eigenvalue weighted by Gasteiger charge is 2.28. The van der Waals surface area contributed by atoms with Gasteiger partial charge in [0.05, 0.1) is 11.5 Å². The van der Waals surface area contributed by atoms with Gasteiger partial charge in [0.25, 0.3) is 0 Å². The summed E-state index contributed by atoms with van der Waals surface area (Å²) < 4.78 is 32.8. The van der Waals surface area contributed by atoms with Gasteiger partial charge in [-0.2, -0.15) is 4.31 Å². The smallest absolute Gasteiger partial charge is 0.243 e. The first kappa shape index (κ1) is 17.3. The van der Waals surface area contributed by atoms with E-state index in [0.29, 0.717) is 30.5 Å². The van der Waals surface area contributed by atoms with Gasteiger partial charge in [0.1, 0.15) is 5.75 Å². The van der Waals surface area contributed by atoms with E-state index in [1.807, 2.05) is 6.92 Å². The lowest BCUT2D eigenvalue weighted by molar-refractivity contribution is 0.281. The molecule has 2 rings (SSSR count). The predicted octanol–water partition coefficient (Wildman–Crippen LogP) is 3.59. The molecular formula is C17H27NO3S. The molecule has 0 radical (unpaired) electrons. The van der Waals surface area contributed by atoms with Crippen molar-refractivity contribution in [2.24, 2.45) is 5.92 Å². The van der Waals surface area contributed by atoms with E-state index in [1.54, 1.807) is 22.5 Å². The number of benzene rings is 1. The van der Waals surface area contributed by atoms with Gasteiger partial charge < -0.3 is 4.74 Å². The van der Waals surface area contributed by atoms with Crippen LogP contribution >= 0.6 is 0 Å². The molecule has 1 atom stereocenters. The number of piperidine rings is 1. The summed E-state index contributed by atoms with van der Waals surface area (Å²) in [6, 6.07) is 5.18. The van der Waals surface area contributed by atoms with Gasteiger partial charge in [-0.3, -0.25) is 0 Å². The summed E-state index contributed by atoms with van der Waals surface area (Å²) >= 11 is 0. The van der Waals surface area contributed by atoms with Crippen molar-refractivity contribution < 1.29 is 13.2 Å². The largest absolute Gasteiger partial charge is 0.493 e. The van der Waals surface area contributed by atoms with Gasteiger partial charge in [0.2, 0.25) is 10.0 Å². The summed E-state index contributed by atoms with van der Waals surface area (Å²) in [7, 11) is -3.38. The maximum absolute atomic E-state index is 12.7. The number of rotatable bonds is 6. The first-order chi connectivity index (χ1) is 10.4. The zero-order valence-electron chi connectivity index (χ0n) is 13.8. The van der Waals surface area contributed by atoms with Crippen LogP contribution in [-0.2, 0) is 10.0 Å². The number of nitrogens with zero attached hydrogens (tertiary/aromatic N) is 1. The molecule has 5 heteroatoms. The Kier molecular flexibility index (Phi) is 5.87. The van der Waals surface area contributed by atoms with Crippen molar-refractivity contribution in [3.8, 4) is 5.75 Å². The summed E-state index contributed by atoms with van der Waals surface area (Å²) in [4.78, 5) is 0.377. The van der Waals surface area contributed by atoms with Gasteiger partial charge in [-0.25, -0.2) is 8.42 Å². The zero-order valence-corrected chi connectivity index (χ0v) is 14.7. The Morgan fingerprint density at radius 3 is 2.77 bits per heavy atom. The van der Waals surface area contributed by atoms with Gasteiger partial charge in [-0.15, -0.1) is 0 Å². The molecule has 124 valence electrons. The normalized spacial score (nSPS) is 20.0. The monoisotopic (exact) mass is 325 g/mol. The van der Waals surface area contributed by atoms with E-state index in [4.69, 9.17) is 4.74 Å². The molecule has 0 bridgehead atoms. The predicted molar refractivity (Wildman–Crippen MR) is 88.7 cm³/mol. The molecule has 0 spiro atoms. The van der Waals surface area contributed by atoms with Crippen molar-refractivity contribution in [2.75, 3.05) is 19.7 Å². The van der Waals surface area contributed by atoms with Crippen LogP contribution in [0.25, 0.3) is 0 Å². The highest BCUT2D eigenvalue weighted by Crippen LogP contribution is 2.27. The van der Waals surface area contributed by atoms with E-state index in [-0.39, 0.29) is 0 Å². The van der Waals surface area contributed by atoms with Crippen LogP contribution in [0.4, 0.5) is 0 Å². The van der Waals surface area contributed by atoms with Crippen molar-refractivity contribution >= 4 is 10.0 Å². The summed E-state index contributed by atoms with van der Waals surface area (Å²) in [6.07, 6.45) is 4.14. The first-order valence-corrected chi connectivity index (χ1v) is 9.62. The average Bonchev–Trinajstić information content (AvgIpc) is 2.49. The zero-order chi connectivity index (χ0) is 16.2. The van der Waals surface area contributed by atoms with Gasteiger partial charge in [0.15, 0.2) is 0 Å². The SMILES string of the molecule is CCCCOc1ccc(S(=O)(=O)N2CCC[C@@H](C)C2)cc1C. The molecule has 0 saturated carbocycles. The summed E-state index contributed by atoms with van der Waals surface area (Å²) in [5.41, 5.74) is 0.877. The fourth-order valence-corrected chi connectivity index (χ4v) is 4.47. The summed E-state index contributed by atoms with van der Waals surface area (Å²) in [5, 5.41) is 0. The average molecular weight is 325 g/mol. The lowest BCUT2D eigenvalue weighted by Gasteiger charge is -2.30. The second-order valence-corrected chi connectivity index (χ2v) is 8.18. The minimum absolute atomic E-state index is 0.377. The third kappa shape index (κ3) is 4.02. The molecule has 0 amide bonds. The minimum Gasteiger partial charge on any atom is -0.493 e. The molecule has 1 aromatic rings. The quantitative estimate of drug-likeness (QED) is 0.751. The molecular weight excluding hydrogens is 298 g/mol. The number of unbranched alkanes of at least 4 members (excludes halogenated alkanes) is 1. The molecule has 0 unspecified atom stereocenters. The minimum atomic E-state index is -3.38. The number of hydrogen-bond acceptors (Lipinski definition) is 3. The van der Waals surface area contributed by atoms with Crippen LogP contribution in [0.15, 0.2) is 23.1 Å². The Morgan fingerprint density at radius 2 is 2.14 bits per heavy atom. The number of hydrogen-bond donors (Lipinski definition) is 0. The molecule has 0 aromatic heterocycles. The van der Waals surface area contributed by atoms with Crippen LogP contribution in [0.1, 0.15) is 45.1 Å². The van der Waals surface area contributed by atoms with Crippen molar-refractivity contribution in [3.05, 3.63) is 23.8 Å². The van der Waals surface area contributed by atoms with Crippen molar-refractivity contribution in [3.63, 3.8) is 0 Å². The molecule has 0 N–H and O–H groups in total. The lowest BCUT2D eigenvalue weighted by atomic mass is 10.0. The van der Waals surface area contributed by atoms with Gasteiger partial charge in [-0.1, -0.05) is 20.3 Å². The van der Waals surface area contributed by atoms with Crippen molar-refractivity contribution in [1.29, 1.82) is 0 Å². The number of aryl methyl sites for hydroxylation is 1.